The molecule has 0 aliphatic carbocycles. The van der Waals surface area contributed by atoms with Crippen molar-refractivity contribution in [2.45, 2.75) is 18.6 Å². The van der Waals surface area contributed by atoms with E-state index in [2.05, 4.69) is 4.90 Å². The van der Waals surface area contributed by atoms with E-state index in [-0.39, 0.29) is 12.0 Å². The number of ether oxygens (including phenoxy) is 2. The van der Waals surface area contributed by atoms with E-state index in [1.165, 1.54) is 0 Å². The van der Waals surface area contributed by atoms with Gasteiger partial charge in [0.2, 0.25) is 0 Å². The molecule has 0 aromatic heterocycles. The molecule has 0 saturated carbocycles. The Balaban J connectivity index is 1.85. The van der Waals surface area contributed by atoms with Gasteiger partial charge in [0, 0.05) is 32.8 Å². The van der Waals surface area contributed by atoms with Gasteiger partial charge in [-0.25, -0.2) is 0 Å². The highest BCUT2D eigenvalue weighted by Crippen LogP contribution is 2.25. The normalized spacial score (nSPS) is 33.7. The highest BCUT2D eigenvalue weighted by Gasteiger charge is 2.40. The second kappa shape index (κ2) is 4.47. The summed E-state index contributed by atoms with van der Waals surface area (Å²) in [5, 5.41) is 8.79. The molecule has 2 saturated heterocycles. The van der Waals surface area contributed by atoms with Crippen molar-refractivity contribution >= 4 is 5.97 Å². The Bertz CT molecular complexity index is 240. The minimum absolute atomic E-state index is 0.0912. The summed E-state index contributed by atoms with van der Waals surface area (Å²) in [6, 6.07) is 0.333. The zero-order chi connectivity index (χ0) is 10.8. The van der Waals surface area contributed by atoms with Crippen LogP contribution >= 0.6 is 0 Å². The summed E-state index contributed by atoms with van der Waals surface area (Å²) >= 11 is 0. The Labute approximate surface area is 89.0 Å². The zero-order valence-electron chi connectivity index (χ0n) is 8.89. The number of nitrogens with zero attached hydrogens (tertiary/aromatic N) is 1. The topological polar surface area (TPSA) is 59.0 Å². The van der Waals surface area contributed by atoms with E-state index < -0.39 is 5.97 Å². The van der Waals surface area contributed by atoms with Gasteiger partial charge in [0.05, 0.1) is 18.6 Å². The lowest BCUT2D eigenvalue weighted by Crippen LogP contribution is -2.60. The minimum Gasteiger partial charge on any atom is -0.481 e. The Morgan fingerprint density at radius 1 is 1.53 bits per heavy atom. The van der Waals surface area contributed by atoms with Gasteiger partial charge < -0.3 is 14.6 Å². The lowest BCUT2D eigenvalue weighted by molar-refractivity contribution is -0.154. The van der Waals surface area contributed by atoms with Crippen molar-refractivity contribution < 1.29 is 19.4 Å². The fourth-order valence-electron chi connectivity index (χ4n) is 2.28. The summed E-state index contributed by atoms with van der Waals surface area (Å²) in [6.07, 6.45) is 1.03. The minimum atomic E-state index is -0.688. The van der Waals surface area contributed by atoms with Crippen molar-refractivity contribution in [3.05, 3.63) is 0 Å². The van der Waals surface area contributed by atoms with E-state index in [1.54, 1.807) is 7.11 Å². The van der Waals surface area contributed by atoms with E-state index in [4.69, 9.17) is 14.6 Å². The molecule has 15 heavy (non-hydrogen) atoms. The summed E-state index contributed by atoms with van der Waals surface area (Å²) in [5.74, 6) is -0.877. The van der Waals surface area contributed by atoms with E-state index in [0.717, 1.165) is 13.0 Å². The van der Waals surface area contributed by atoms with Gasteiger partial charge in [-0.15, -0.1) is 0 Å². The van der Waals surface area contributed by atoms with Crippen LogP contribution in [-0.4, -0.2) is 61.5 Å². The van der Waals surface area contributed by atoms with Crippen molar-refractivity contribution in [1.29, 1.82) is 0 Å². The van der Waals surface area contributed by atoms with Crippen LogP contribution in [0.3, 0.4) is 0 Å². The number of aliphatic carboxylic acids is 1. The quantitative estimate of drug-likeness (QED) is 0.707. The fourth-order valence-corrected chi connectivity index (χ4v) is 2.28. The number of carboxylic acid groups (broad SMARTS) is 1. The lowest BCUT2D eigenvalue weighted by atomic mass is 9.93. The zero-order valence-corrected chi connectivity index (χ0v) is 8.89. The molecule has 2 fully saturated rings. The van der Waals surface area contributed by atoms with E-state index >= 15 is 0 Å². The largest absolute Gasteiger partial charge is 0.481 e. The molecule has 2 aliphatic rings. The number of methoxy groups -OCH3 is 1. The van der Waals surface area contributed by atoms with Gasteiger partial charge in [0.15, 0.2) is 0 Å². The molecule has 5 heteroatoms. The third-order valence-electron chi connectivity index (χ3n) is 3.30. The molecule has 2 unspecified atom stereocenters. The average Bonchev–Trinajstić information content (AvgIpc) is 2.15. The molecule has 2 atom stereocenters. The van der Waals surface area contributed by atoms with Crippen molar-refractivity contribution in [3.63, 3.8) is 0 Å². The summed E-state index contributed by atoms with van der Waals surface area (Å²) in [6.45, 7) is 2.67. The van der Waals surface area contributed by atoms with Gasteiger partial charge in [0.1, 0.15) is 0 Å². The lowest BCUT2D eigenvalue weighted by Gasteiger charge is -2.46. The molecular formula is C10H17NO4. The van der Waals surface area contributed by atoms with Crippen LogP contribution in [0.15, 0.2) is 0 Å². The Morgan fingerprint density at radius 2 is 2.27 bits per heavy atom. The summed E-state index contributed by atoms with van der Waals surface area (Å²) in [7, 11) is 1.68. The van der Waals surface area contributed by atoms with Gasteiger partial charge in [-0.05, 0) is 6.42 Å². The highest BCUT2D eigenvalue weighted by molar-refractivity contribution is 5.71. The Morgan fingerprint density at radius 3 is 2.87 bits per heavy atom. The SMILES string of the molecule is COC1COCCC1N1CC(C(=O)O)C1. The predicted molar refractivity (Wildman–Crippen MR) is 52.7 cm³/mol. The molecule has 0 bridgehead atoms. The number of carbonyl (C=O) groups is 1. The third-order valence-corrected chi connectivity index (χ3v) is 3.30. The van der Waals surface area contributed by atoms with Crippen LogP contribution < -0.4 is 0 Å². The summed E-state index contributed by atoms with van der Waals surface area (Å²) in [5.41, 5.74) is 0. The molecular weight excluding hydrogens is 198 g/mol. The van der Waals surface area contributed by atoms with Gasteiger partial charge in [0.25, 0.3) is 0 Å². The van der Waals surface area contributed by atoms with Crippen LogP contribution in [0, 0.1) is 5.92 Å². The van der Waals surface area contributed by atoms with E-state index in [0.29, 0.717) is 25.7 Å². The summed E-state index contributed by atoms with van der Waals surface area (Å²) in [4.78, 5) is 12.9. The molecule has 86 valence electrons. The maximum atomic E-state index is 10.7. The third kappa shape index (κ3) is 2.14. The fraction of sp³-hybridized carbons (Fsp3) is 0.900. The Hall–Kier alpha value is -0.650. The van der Waals surface area contributed by atoms with Crippen LogP contribution in [0.1, 0.15) is 6.42 Å². The van der Waals surface area contributed by atoms with Crippen molar-refractivity contribution in [2.75, 3.05) is 33.4 Å². The van der Waals surface area contributed by atoms with Gasteiger partial charge in [-0.2, -0.15) is 0 Å². The molecule has 2 rings (SSSR count). The monoisotopic (exact) mass is 215 g/mol. The van der Waals surface area contributed by atoms with Crippen LogP contribution in [-0.2, 0) is 14.3 Å². The second-order valence-electron chi connectivity index (χ2n) is 4.19. The van der Waals surface area contributed by atoms with Crippen LogP contribution in [0.2, 0.25) is 0 Å². The van der Waals surface area contributed by atoms with Gasteiger partial charge >= 0.3 is 5.97 Å². The Kier molecular flexibility index (Phi) is 3.23. The van der Waals surface area contributed by atoms with Crippen LogP contribution in [0.25, 0.3) is 0 Å². The van der Waals surface area contributed by atoms with E-state index in [9.17, 15) is 4.79 Å². The maximum absolute atomic E-state index is 10.7. The first-order chi connectivity index (χ1) is 7.22. The molecule has 0 spiro atoms. The first kappa shape index (κ1) is 10.9. The second-order valence-corrected chi connectivity index (χ2v) is 4.19. The number of likely N-dealkylation sites (tertiary alicyclic amines) is 1. The number of rotatable bonds is 3. The van der Waals surface area contributed by atoms with Gasteiger partial charge in [-0.1, -0.05) is 0 Å². The standard InChI is InChI=1S/C10H17NO4/c1-14-9-6-15-3-2-8(9)11-4-7(5-11)10(12)13/h7-9H,2-6H2,1H3,(H,12,13). The highest BCUT2D eigenvalue weighted by atomic mass is 16.5. The summed E-state index contributed by atoms with van der Waals surface area (Å²) < 4.78 is 10.7. The van der Waals surface area contributed by atoms with Crippen molar-refractivity contribution in [3.8, 4) is 0 Å². The average molecular weight is 215 g/mol. The van der Waals surface area contributed by atoms with Crippen molar-refractivity contribution in [2.24, 2.45) is 5.92 Å². The smallest absolute Gasteiger partial charge is 0.309 e. The maximum Gasteiger partial charge on any atom is 0.309 e. The molecule has 0 radical (unpaired) electrons. The molecule has 0 aromatic carbocycles. The molecule has 5 nitrogen and oxygen atoms in total. The van der Waals surface area contributed by atoms with E-state index in [1.807, 2.05) is 0 Å². The molecule has 0 aromatic rings. The van der Waals surface area contributed by atoms with Gasteiger partial charge in [-0.3, -0.25) is 9.69 Å². The first-order valence-corrected chi connectivity index (χ1v) is 5.29. The predicted octanol–water partition coefficient (Wildman–Crippen LogP) is -0.193. The molecule has 2 heterocycles. The number of carboxylic acids is 1. The van der Waals surface area contributed by atoms with Crippen LogP contribution in [0.5, 0.6) is 0 Å². The molecule has 0 amide bonds. The van der Waals surface area contributed by atoms with Crippen molar-refractivity contribution in [1.82, 2.24) is 4.90 Å². The van der Waals surface area contributed by atoms with Crippen LogP contribution in [0.4, 0.5) is 0 Å². The molecule has 1 N–H and O–H groups in total. The number of hydrogen-bond acceptors (Lipinski definition) is 4. The molecule has 2 aliphatic heterocycles. The number of hydrogen-bond donors (Lipinski definition) is 1. The first-order valence-electron chi connectivity index (χ1n) is 5.29.